The summed E-state index contributed by atoms with van der Waals surface area (Å²) in [5, 5.41) is 10.6. The molecule has 0 aliphatic carbocycles. The third kappa shape index (κ3) is 8.70. The summed E-state index contributed by atoms with van der Waals surface area (Å²) in [5.41, 5.74) is -1.55. The van der Waals surface area contributed by atoms with Crippen LogP contribution in [0.1, 0.15) is 48.0 Å². The first-order chi connectivity index (χ1) is 12.8. The van der Waals surface area contributed by atoms with Gasteiger partial charge in [-0.25, -0.2) is 14.5 Å². The molecule has 0 aliphatic rings. The molecular formula is C19H28N2O7. The van der Waals surface area contributed by atoms with Crippen molar-refractivity contribution < 1.29 is 28.7 Å². The lowest BCUT2D eigenvalue weighted by molar-refractivity contribution is -0.384. The Balaban J connectivity index is 2.66. The lowest BCUT2D eigenvalue weighted by Crippen LogP contribution is -2.44. The van der Waals surface area contributed by atoms with E-state index in [0.29, 0.717) is 12.2 Å². The maximum absolute atomic E-state index is 12.3. The van der Waals surface area contributed by atoms with Crippen molar-refractivity contribution in [3.05, 3.63) is 34.4 Å². The molecule has 156 valence electrons. The van der Waals surface area contributed by atoms with Crippen LogP contribution in [0.5, 0.6) is 5.75 Å². The second kappa shape index (κ2) is 9.38. The highest BCUT2D eigenvalue weighted by atomic mass is 16.6. The van der Waals surface area contributed by atoms with Gasteiger partial charge in [-0.3, -0.25) is 10.1 Å². The maximum atomic E-state index is 12.3. The molecular weight excluding hydrogens is 368 g/mol. The molecule has 1 rings (SSSR count). The quantitative estimate of drug-likeness (QED) is 0.395. The number of amides is 2. The third-order valence-electron chi connectivity index (χ3n) is 3.07. The Morgan fingerprint density at radius 1 is 0.964 bits per heavy atom. The molecule has 0 N–H and O–H groups in total. The van der Waals surface area contributed by atoms with Crippen LogP contribution in [0.15, 0.2) is 24.3 Å². The van der Waals surface area contributed by atoms with Gasteiger partial charge in [-0.2, -0.15) is 0 Å². The topological polar surface area (TPSA) is 108 Å². The zero-order valence-electron chi connectivity index (χ0n) is 17.2. The van der Waals surface area contributed by atoms with Crippen LogP contribution in [0.4, 0.5) is 15.3 Å². The van der Waals surface area contributed by atoms with E-state index < -0.39 is 28.3 Å². The van der Waals surface area contributed by atoms with E-state index in [9.17, 15) is 19.7 Å². The Labute approximate surface area is 164 Å². The summed E-state index contributed by atoms with van der Waals surface area (Å²) >= 11 is 0. The highest BCUT2D eigenvalue weighted by molar-refractivity contribution is 5.88. The zero-order valence-corrected chi connectivity index (χ0v) is 17.2. The lowest BCUT2D eigenvalue weighted by Gasteiger charge is -2.28. The molecule has 0 unspecified atom stereocenters. The minimum absolute atomic E-state index is 0.0339. The molecule has 9 nitrogen and oxygen atoms in total. The first-order valence-corrected chi connectivity index (χ1v) is 8.89. The van der Waals surface area contributed by atoms with Gasteiger partial charge in [0, 0.05) is 18.7 Å². The van der Waals surface area contributed by atoms with Crippen molar-refractivity contribution in [3.8, 4) is 5.75 Å². The smallest absolute Gasteiger partial charge is 0.419 e. The number of benzene rings is 1. The third-order valence-corrected chi connectivity index (χ3v) is 3.07. The fourth-order valence-corrected chi connectivity index (χ4v) is 1.97. The van der Waals surface area contributed by atoms with E-state index in [4.69, 9.17) is 14.2 Å². The van der Waals surface area contributed by atoms with E-state index >= 15 is 0 Å². The van der Waals surface area contributed by atoms with Crippen LogP contribution >= 0.6 is 0 Å². The van der Waals surface area contributed by atoms with E-state index in [1.807, 2.05) is 0 Å². The van der Waals surface area contributed by atoms with Crippen LogP contribution in [0, 0.1) is 10.1 Å². The van der Waals surface area contributed by atoms with Crippen molar-refractivity contribution in [3.63, 3.8) is 0 Å². The molecule has 0 fully saturated rings. The average molecular weight is 396 g/mol. The van der Waals surface area contributed by atoms with Gasteiger partial charge >= 0.3 is 12.2 Å². The number of hydrogen-bond acceptors (Lipinski definition) is 7. The molecule has 0 atom stereocenters. The molecule has 0 heterocycles. The molecule has 2 amide bonds. The summed E-state index contributed by atoms with van der Waals surface area (Å²) in [6.45, 7) is 10.5. The summed E-state index contributed by atoms with van der Waals surface area (Å²) in [6.07, 6.45) is -1.26. The Kier molecular flexibility index (Phi) is 7.78. The Morgan fingerprint density at radius 3 is 1.82 bits per heavy atom. The van der Waals surface area contributed by atoms with E-state index in [1.165, 1.54) is 24.3 Å². The van der Waals surface area contributed by atoms with Crippen molar-refractivity contribution in [1.29, 1.82) is 0 Å². The van der Waals surface area contributed by atoms with E-state index in [0.717, 1.165) is 4.90 Å². The zero-order chi connectivity index (χ0) is 21.5. The van der Waals surface area contributed by atoms with Gasteiger partial charge in [0.15, 0.2) is 0 Å². The molecule has 0 spiro atoms. The summed E-state index contributed by atoms with van der Waals surface area (Å²) in [4.78, 5) is 35.7. The van der Waals surface area contributed by atoms with Gasteiger partial charge in [0.1, 0.15) is 17.0 Å². The summed E-state index contributed by atoms with van der Waals surface area (Å²) in [6, 6.07) is 5.64. The van der Waals surface area contributed by atoms with Crippen molar-refractivity contribution >= 4 is 17.9 Å². The van der Waals surface area contributed by atoms with Gasteiger partial charge in [0.25, 0.3) is 5.69 Å². The normalized spacial score (nSPS) is 11.5. The van der Waals surface area contributed by atoms with Crippen LogP contribution in [0.2, 0.25) is 0 Å². The summed E-state index contributed by atoms with van der Waals surface area (Å²) in [7, 11) is 0. The Morgan fingerprint density at radius 2 is 1.43 bits per heavy atom. The number of nitro benzene ring substituents is 1. The van der Waals surface area contributed by atoms with Gasteiger partial charge in [0.05, 0.1) is 11.5 Å². The molecule has 0 radical (unpaired) electrons. The fraction of sp³-hybridized carbons (Fsp3) is 0.579. The molecule has 1 aromatic rings. The second-order valence-corrected chi connectivity index (χ2v) is 8.07. The van der Waals surface area contributed by atoms with Crippen LogP contribution in [-0.2, 0) is 9.47 Å². The average Bonchev–Trinajstić information content (AvgIpc) is 2.51. The summed E-state index contributed by atoms with van der Waals surface area (Å²) < 4.78 is 16.0. The first-order valence-electron chi connectivity index (χ1n) is 8.89. The SMILES string of the molecule is CC(C)(C)OC(=O)N(CCCOc1ccc([N+](=O)[O-])cc1)C(=O)OC(C)(C)C. The minimum atomic E-state index is -0.794. The van der Waals surface area contributed by atoms with Crippen molar-refractivity contribution in [2.45, 2.75) is 59.2 Å². The molecule has 28 heavy (non-hydrogen) atoms. The number of nitro groups is 1. The monoisotopic (exact) mass is 396 g/mol. The number of ether oxygens (including phenoxy) is 3. The van der Waals surface area contributed by atoms with Gasteiger partial charge < -0.3 is 14.2 Å². The molecule has 0 bridgehead atoms. The number of carbonyl (C=O) groups is 2. The van der Waals surface area contributed by atoms with E-state index in [-0.39, 0.29) is 18.8 Å². The first kappa shape index (κ1) is 23.2. The van der Waals surface area contributed by atoms with Gasteiger partial charge in [0.2, 0.25) is 0 Å². The highest BCUT2D eigenvalue weighted by Crippen LogP contribution is 2.18. The molecule has 0 aliphatic heterocycles. The van der Waals surface area contributed by atoms with E-state index in [1.54, 1.807) is 41.5 Å². The van der Waals surface area contributed by atoms with Crippen LogP contribution < -0.4 is 4.74 Å². The minimum Gasteiger partial charge on any atom is -0.494 e. The van der Waals surface area contributed by atoms with Gasteiger partial charge in [-0.05, 0) is 60.1 Å². The number of carbonyl (C=O) groups excluding carboxylic acids is 2. The Hall–Kier alpha value is -2.84. The van der Waals surface area contributed by atoms with Crippen molar-refractivity contribution in [2.75, 3.05) is 13.2 Å². The standard InChI is InChI=1S/C19H28N2O7/c1-18(2,3)27-16(22)20(17(23)28-19(4,5)6)12-7-13-26-15-10-8-14(9-11-15)21(24)25/h8-11H,7,12-13H2,1-6H3. The maximum Gasteiger partial charge on any atom is 0.419 e. The van der Waals surface area contributed by atoms with Crippen molar-refractivity contribution in [2.24, 2.45) is 0 Å². The van der Waals surface area contributed by atoms with Crippen LogP contribution in [-0.4, -0.2) is 46.4 Å². The fourth-order valence-electron chi connectivity index (χ4n) is 1.97. The molecule has 0 saturated carbocycles. The number of hydrogen-bond donors (Lipinski definition) is 0. The number of non-ortho nitro benzene ring substituents is 1. The number of rotatable bonds is 6. The largest absolute Gasteiger partial charge is 0.494 e. The van der Waals surface area contributed by atoms with Crippen LogP contribution in [0.25, 0.3) is 0 Å². The highest BCUT2D eigenvalue weighted by Gasteiger charge is 2.30. The van der Waals surface area contributed by atoms with Crippen LogP contribution in [0.3, 0.4) is 0 Å². The summed E-state index contributed by atoms with van der Waals surface area (Å²) in [5.74, 6) is 0.451. The Bertz CT molecular complexity index is 660. The molecule has 9 heteroatoms. The van der Waals surface area contributed by atoms with Crippen molar-refractivity contribution in [1.82, 2.24) is 4.90 Å². The lowest BCUT2D eigenvalue weighted by atomic mass is 10.2. The van der Waals surface area contributed by atoms with Gasteiger partial charge in [-0.15, -0.1) is 0 Å². The number of nitrogens with zero attached hydrogens (tertiary/aromatic N) is 2. The molecule has 0 saturated heterocycles. The van der Waals surface area contributed by atoms with E-state index in [2.05, 4.69) is 0 Å². The second-order valence-electron chi connectivity index (χ2n) is 8.07. The predicted octanol–water partition coefficient (Wildman–Crippen LogP) is 4.54. The molecule has 1 aromatic carbocycles. The molecule has 0 aromatic heterocycles. The predicted molar refractivity (Wildman–Crippen MR) is 102 cm³/mol. The van der Waals surface area contributed by atoms with Gasteiger partial charge in [-0.1, -0.05) is 0 Å². The number of imide groups is 1.